The van der Waals surface area contributed by atoms with E-state index in [1.54, 1.807) is 13.8 Å². The second-order valence-electron chi connectivity index (χ2n) is 8.88. The Morgan fingerprint density at radius 1 is 0.595 bits per heavy atom. The molecule has 0 spiro atoms. The van der Waals surface area contributed by atoms with Gasteiger partial charge in [0.05, 0.1) is 0 Å². The number of hydrogen-bond donors (Lipinski definition) is 2. The molecule has 2 heterocycles. The van der Waals surface area contributed by atoms with E-state index in [1.807, 2.05) is 0 Å². The smallest absolute Gasteiger partial charge is 0.352 e. The van der Waals surface area contributed by atoms with Crippen molar-refractivity contribution in [1.29, 1.82) is 0 Å². The fraction of sp³-hybridized carbons (Fsp3) is 0.583. The fourth-order valence-electron chi connectivity index (χ4n) is 3.42. The van der Waals surface area contributed by atoms with E-state index in [4.69, 9.17) is 10.2 Å². The third-order valence-corrected chi connectivity index (χ3v) is 5.32. The van der Waals surface area contributed by atoms with Crippen molar-refractivity contribution in [2.45, 2.75) is 65.2 Å². The van der Waals surface area contributed by atoms with Gasteiger partial charge in [-0.2, -0.15) is 0 Å². The third-order valence-electron chi connectivity index (χ3n) is 5.32. The number of rotatable bonds is 14. The van der Waals surface area contributed by atoms with Crippen LogP contribution in [-0.4, -0.2) is 116 Å². The lowest BCUT2D eigenvalue weighted by Crippen LogP contribution is -2.44. The second-order valence-corrected chi connectivity index (χ2v) is 8.88. The first-order valence-electron chi connectivity index (χ1n) is 12.8. The first-order chi connectivity index (χ1) is 19.7. The van der Waals surface area contributed by atoms with Gasteiger partial charge in [0.25, 0.3) is 23.6 Å². The van der Waals surface area contributed by atoms with Crippen LogP contribution in [0.15, 0.2) is 0 Å². The topological polar surface area (TPSA) is 243 Å². The molecule has 0 aromatic rings. The average Bonchev–Trinajstić information content (AvgIpc) is 3.38. The number of aliphatic carboxylic acids is 2. The molecule has 0 unspecified atom stereocenters. The Bertz CT molecular complexity index is 1020. The highest BCUT2D eigenvalue weighted by Gasteiger charge is 2.35. The Labute approximate surface area is 239 Å². The average molecular weight is 601 g/mol. The molecule has 0 radical (unpaired) electrons. The summed E-state index contributed by atoms with van der Waals surface area (Å²) in [5.41, 5.74) is 0. The molecule has 2 fully saturated rings. The van der Waals surface area contributed by atoms with Gasteiger partial charge < -0.3 is 29.7 Å². The zero-order valence-electron chi connectivity index (χ0n) is 23.1. The van der Waals surface area contributed by atoms with Gasteiger partial charge in [0.15, 0.2) is 0 Å². The minimum Gasteiger partial charge on any atom is -0.480 e. The van der Waals surface area contributed by atoms with Crippen LogP contribution in [0.25, 0.3) is 0 Å². The first-order valence-corrected chi connectivity index (χ1v) is 12.8. The van der Waals surface area contributed by atoms with Crippen LogP contribution in [0.3, 0.4) is 0 Å². The van der Waals surface area contributed by atoms with Crippen LogP contribution in [0, 0.1) is 0 Å². The Morgan fingerprint density at radius 2 is 0.881 bits per heavy atom. The van der Waals surface area contributed by atoms with Crippen LogP contribution in [0.2, 0.25) is 0 Å². The highest BCUT2D eigenvalue weighted by molar-refractivity contribution is 6.02. The van der Waals surface area contributed by atoms with Crippen molar-refractivity contribution in [1.82, 2.24) is 19.9 Å². The van der Waals surface area contributed by atoms with E-state index in [0.717, 1.165) is 9.80 Å². The predicted molar refractivity (Wildman–Crippen MR) is 133 cm³/mol. The summed E-state index contributed by atoms with van der Waals surface area (Å²) < 4.78 is 0. The molecule has 18 nitrogen and oxygen atoms in total. The maximum atomic E-state index is 12.2. The largest absolute Gasteiger partial charge is 0.480 e. The summed E-state index contributed by atoms with van der Waals surface area (Å²) >= 11 is 0. The lowest BCUT2D eigenvalue weighted by Gasteiger charge is -2.22. The van der Waals surface area contributed by atoms with Crippen molar-refractivity contribution in [2.75, 3.05) is 26.2 Å². The Morgan fingerprint density at radius 3 is 1.14 bits per heavy atom. The van der Waals surface area contributed by atoms with Gasteiger partial charge in [0.2, 0.25) is 11.8 Å². The summed E-state index contributed by atoms with van der Waals surface area (Å²) in [6.07, 6.45) is 0.803. The molecule has 2 aliphatic heterocycles. The van der Waals surface area contributed by atoms with Crippen LogP contribution in [0.5, 0.6) is 0 Å². The monoisotopic (exact) mass is 600 g/mol. The maximum Gasteiger partial charge on any atom is 0.352 e. The highest BCUT2D eigenvalue weighted by Crippen LogP contribution is 2.14. The van der Waals surface area contributed by atoms with Crippen molar-refractivity contribution in [3.05, 3.63) is 0 Å². The van der Waals surface area contributed by atoms with Crippen LogP contribution in [-0.2, 0) is 57.6 Å². The van der Waals surface area contributed by atoms with Gasteiger partial charge in [0.1, 0.15) is 26.2 Å². The zero-order chi connectivity index (χ0) is 32.0. The lowest BCUT2D eigenvalue weighted by atomic mass is 10.3. The van der Waals surface area contributed by atoms with E-state index in [1.165, 1.54) is 0 Å². The van der Waals surface area contributed by atoms with Gasteiger partial charge >= 0.3 is 23.9 Å². The van der Waals surface area contributed by atoms with E-state index in [2.05, 4.69) is 9.68 Å². The van der Waals surface area contributed by atoms with Gasteiger partial charge in [0, 0.05) is 38.5 Å². The van der Waals surface area contributed by atoms with Crippen LogP contribution in [0.1, 0.15) is 65.2 Å². The van der Waals surface area contributed by atoms with Crippen molar-refractivity contribution in [2.24, 2.45) is 0 Å². The Hall–Kier alpha value is -4.90. The molecule has 0 atom stereocenters. The highest BCUT2D eigenvalue weighted by atomic mass is 16.7. The molecule has 2 aliphatic rings. The van der Waals surface area contributed by atoms with Gasteiger partial charge in [-0.1, -0.05) is 13.8 Å². The Balaban J connectivity index is 0.000000532. The van der Waals surface area contributed by atoms with Crippen molar-refractivity contribution in [3.63, 3.8) is 0 Å². The van der Waals surface area contributed by atoms with E-state index >= 15 is 0 Å². The number of carbonyl (C=O) groups excluding carboxylic acids is 8. The Kier molecular flexibility index (Phi) is 14.2. The molecule has 0 aromatic carbocycles. The van der Waals surface area contributed by atoms with E-state index < -0.39 is 85.5 Å². The van der Waals surface area contributed by atoms with Gasteiger partial charge in [-0.25, -0.2) is 9.59 Å². The molecular formula is C24H32N4O14. The van der Waals surface area contributed by atoms with E-state index in [9.17, 15) is 47.9 Å². The molecule has 2 saturated heterocycles. The molecular weight excluding hydrogens is 568 g/mol. The minimum atomic E-state index is -1.21. The molecule has 232 valence electrons. The van der Waals surface area contributed by atoms with Crippen LogP contribution < -0.4 is 0 Å². The molecule has 18 heteroatoms. The van der Waals surface area contributed by atoms with Gasteiger partial charge in [-0.05, 0) is 12.8 Å². The molecule has 0 aliphatic carbocycles. The zero-order valence-corrected chi connectivity index (χ0v) is 23.1. The molecule has 0 saturated carbocycles. The first kappa shape index (κ1) is 35.1. The second kappa shape index (κ2) is 17.0. The number of imide groups is 2. The standard InChI is InChI=1S/C16H19N3O9.C8H13NO5/c1-2-3-10(20)17(8-15(25)27-18-11(21)4-5-12(18)22)9-16(26)28-19-13(23)6-7-14(19)24;1-2-3-6(10)9(4-7(11)12)5-8(13)14/h2-9H2,1H3;2-5H2,1H3,(H,11,12)(H,13,14). The predicted octanol–water partition coefficient (Wildman–Crippen LogP) is -1.39. The summed E-state index contributed by atoms with van der Waals surface area (Å²) in [7, 11) is 0. The number of carbonyl (C=O) groups is 10. The van der Waals surface area contributed by atoms with E-state index in [-0.39, 0.29) is 38.5 Å². The fourth-order valence-corrected chi connectivity index (χ4v) is 3.42. The van der Waals surface area contributed by atoms with E-state index in [0.29, 0.717) is 23.0 Å². The van der Waals surface area contributed by atoms with Crippen LogP contribution >= 0.6 is 0 Å². The van der Waals surface area contributed by atoms with Gasteiger partial charge in [-0.3, -0.25) is 38.4 Å². The summed E-state index contributed by atoms with van der Waals surface area (Å²) in [6, 6.07) is 0. The molecule has 2 N–H and O–H groups in total. The summed E-state index contributed by atoms with van der Waals surface area (Å²) in [5.74, 6) is -8.40. The number of carboxylic acids is 2. The van der Waals surface area contributed by atoms with Crippen molar-refractivity contribution >= 4 is 59.3 Å². The third kappa shape index (κ3) is 11.7. The maximum absolute atomic E-state index is 12.2. The number of nitrogens with zero attached hydrogens (tertiary/aromatic N) is 4. The number of amides is 6. The summed E-state index contributed by atoms with van der Waals surface area (Å²) in [6.45, 7) is 0.878. The number of carboxylic acid groups (broad SMARTS) is 2. The van der Waals surface area contributed by atoms with Crippen LogP contribution in [0.4, 0.5) is 0 Å². The normalized spacial score (nSPS) is 14.2. The minimum absolute atomic E-state index is 0.00368. The van der Waals surface area contributed by atoms with Crippen molar-refractivity contribution < 1.29 is 67.8 Å². The molecule has 6 amide bonds. The SMILES string of the molecule is CCCC(=O)N(CC(=O)O)CC(=O)O.CCCC(=O)N(CC(=O)ON1C(=O)CCC1=O)CC(=O)ON1C(=O)CCC1=O. The van der Waals surface area contributed by atoms with Gasteiger partial charge in [-0.15, -0.1) is 10.1 Å². The summed E-state index contributed by atoms with van der Waals surface area (Å²) in [5, 5.41) is 17.5. The molecule has 42 heavy (non-hydrogen) atoms. The molecule has 0 bridgehead atoms. The lowest BCUT2D eigenvalue weighted by molar-refractivity contribution is -0.201. The quantitative estimate of drug-likeness (QED) is 0.218. The molecule has 2 rings (SSSR count). The summed E-state index contributed by atoms with van der Waals surface area (Å²) in [4.78, 5) is 125. The number of hydrogen-bond acceptors (Lipinski definition) is 12. The van der Waals surface area contributed by atoms with Crippen molar-refractivity contribution in [3.8, 4) is 0 Å². The molecule has 0 aromatic heterocycles. The number of hydroxylamine groups is 4.